The minimum Gasteiger partial charge on any atom is -0.330 e. The Morgan fingerprint density at radius 2 is 2.32 bits per heavy atom. The Kier molecular flexibility index (Phi) is 3.80. The molecule has 1 saturated heterocycles. The molecule has 1 aromatic heterocycles. The van der Waals surface area contributed by atoms with E-state index in [0.29, 0.717) is 6.04 Å². The number of hydrogen-bond acceptors (Lipinski definition) is 3. The van der Waals surface area contributed by atoms with Crippen LogP contribution in [0.4, 0.5) is 0 Å². The standard InChI is InChI=1S/C15H21N3S/c1-11(16-10-12-6-5-9-19-12)15-17-13-7-3-4-8-14(13)18(15)2/h3-4,7-8,11-12,16H,5-6,9-10H2,1-2H3. The molecule has 2 atom stereocenters. The molecule has 0 spiro atoms. The summed E-state index contributed by atoms with van der Waals surface area (Å²) in [6.45, 7) is 3.30. The van der Waals surface area contributed by atoms with Gasteiger partial charge in [0.25, 0.3) is 0 Å². The zero-order valence-electron chi connectivity index (χ0n) is 11.6. The van der Waals surface area contributed by atoms with Crippen LogP contribution in [-0.4, -0.2) is 27.1 Å². The Morgan fingerprint density at radius 3 is 3.05 bits per heavy atom. The number of aryl methyl sites for hydroxylation is 1. The van der Waals surface area contributed by atoms with Crippen molar-refractivity contribution in [3.63, 3.8) is 0 Å². The zero-order chi connectivity index (χ0) is 13.2. The molecular formula is C15H21N3S. The lowest BCUT2D eigenvalue weighted by Crippen LogP contribution is -2.27. The Bertz CT molecular complexity index is 558. The van der Waals surface area contributed by atoms with E-state index in [0.717, 1.165) is 23.1 Å². The van der Waals surface area contributed by atoms with E-state index in [1.807, 2.05) is 6.07 Å². The second kappa shape index (κ2) is 5.55. The van der Waals surface area contributed by atoms with Crippen LogP contribution in [0.2, 0.25) is 0 Å². The monoisotopic (exact) mass is 275 g/mol. The van der Waals surface area contributed by atoms with Crippen LogP contribution < -0.4 is 5.32 Å². The van der Waals surface area contributed by atoms with Crippen LogP contribution in [-0.2, 0) is 7.05 Å². The highest BCUT2D eigenvalue weighted by Gasteiger charge is 2.18. The molecule has 102 valence electrons. The van der Waals surface area contributed by atoms with Gasteiger partial charge in [-0.3, -0.25) is 0 Å². The quantitative estimate of drug-likeness (QED) is 0.930. The van der Waals surface area contributed by atoms with Crippen molar-refractivity contribution in [2.24, 2.45) is 7.05 Å². The highest BCUT2D eigenvalue weighted by Crippen LogP contribution is 2.26. The number of rotatable bonds is 4. The molecule has 1 aliphatic rings. The predicted molar refractivity (Wildman–Crippen MR) is 82.6 cm³/mol. The van der Waals surface area contributed by atoms with Gasteiger partial charge in [0.15, 0.2) is 0 Å². The lowest BCUT2D eigenvalue weighted by Gasteiger charge is -2.16. The number of fused-ring (bicyclic) bond motifs is 1. The van der Waals surface area contributed by atoms with Crippen LogP contribution in [0, 0.1) is 0 Å². The van der Waals surface area contributed by atoms with Crippen molar-refractivity contribution >= 4 is 22.8 Å². The summed E-state index contributed by atoms with van der Waals surface area (Å²) in [5, 5.41) is 4.43. The maximum absolute atomic E-state index is 4.75. The first-order valence-corrected chi connectivity index (χ1v) is 8.07. The van der Waals surface area contributed by atoms with Crippen LogP contribution in [0.1, 0.15) is 31.6 Å². The van der Waals surface area contributed by atoms with E-state index in [4.69, 9.17) is 4.98 Å². The van der Waals surface area contributed by atoms with Crippen LogP contribution in [0.15, 0.2) is 24.3 Å². The van der Waals surface area contributed by atoms with Gasteiger partial charge in [0.05, 0.1) is 17.1 Å². The topological polar surface area (TPSA) is 29.9 Å². The lowest BCUT2D eigenvalue weighted by molar-refractivity contribution is 0.525. The van der Waals surface area contributed by atoms with Gasteiger partial charge >= 0.3 is 0 Å². The molecule has 0 radical (unpaired) electrons. The van der Waals surface area contributed by atoms with Crippen LogP contribution in [0.25, 0.3) is 11.0 Å². The molecule has 1 fully saturated rings. The fourth-order valence-corrected chi connectivity index (χ4v) is 3.97. The Morgan fingerprint density at radius 1 is 1.47 bits per heavy atom. The predicted octanol–water partition coefficient (Wildman–Crippen LogP) is 3.12. The van der Waals surface area contributed by atoms with Crippen molar-refractivity contribution in [1.82, 2.24) is 14.9 Å². The lowest BCUT2D eigenvalue weighted by atomic mass is 10.2. The first-order chi connectivity index (χ1) is 9.25. The van der Waals surface area contributed by atoms with E-state index in [9.17, 15) is 0 Å². The van der Waals surface area contributed by atoms with E-state index >= 15 is 0 Å². The molecule has 19 heavy (non-hydrogen) atoms. The molecule has 0 bridgehead atoms. The molecular weight excluding hydrogens is 254 g/mol. The molecule has 1 aliphatic heterocycles. The average Bonchev–Trinajstić information content (AvgIpc) is 3.05. The first kappa shape index (κ1) is 13.0. The van der Waals surface area contributed by atoms with Crippen molar-refractivity contribution in [3.8, 4) is 0 Å². The Labute approximate surface area is 118 Å². The third kappa shape index (κ3) is 2.65. The molecule has 0 aliphatic carbocycles. The molecule has 0 saturated carbocycles. The van der Waals surface area contributed by atoms with Crippen molar-refractivity contribution in [2.75, 3.05) is 12.3 Å². The second-order valence-corrected chi connectivity index (χ2v) is 6.69. The molecule has 3 nitrogen and oxygen atoms in total. The highest BCUT2D eigenvalue weighted by molar-refractivity contribution is 8.00. The van der Waals surface area contributed by atoms with Crippen molar-refractivity contribution in [3.05, 3.63) is 30.1 Å². The number of imidazole rings is 1. The normalized spacial score (nSPS) is 21.1. The smallest absolute Gasteiger partial charge is 0.126 e. The first-order valence-electron chi connectivity index (χ1n) is 7.02. The third-order valence-corrected chi connectivity index (χ3v) is 5.28. The maximum Gasteiger partial charge on any atom is 0.126 e. The van der Waals surface area contributed by atoms with Gasteiger partial charge in [-0.1, -0.05) is 12.1 Å². The minimum atomic E-state index is 0.304. The van der Waals surface area contributed by atoms with Gasteiger partial charge in [0.1, 0.15) is 5.82 Å². The number of thioether (sulfide) groups is 1. The summed E-state index contributed by atoms with van der Waals surface area (Å²) in [6, 6.07) is 8.63. The molecule has 1 N–H and O–H groups in total. The Hall–Kier alpha value is -1.00. The molecule has 4 heteroatoms. The fourth-order valence-electron chi connectivity index (χ4n) is 2.76. The van der Waals surface area contributed by atoms with Gasteiger partial charge in [0.2, 0.25) is 0 Å². The largest absolute Gasteiger partial charge is 0.330 e. The number of para-hydroxylation sites is 2. The van der Waals surface area contributed by atoms with Gasteiger partial charge < -0.3 is 9.88 Å². The number of aromatic nitrogens is 2. The van der Waals surface area contributed by atoms with E-state index in [2.05, 4.69) is 53.8 Å². The summed E-state index contributed by atoms with van der Waals surface area (Å²) in [6.07, 6.45) is 2.73. The van der Waals surface area contributed by atoms with Crippen molar-refractivity contribution in [2.45, 2.75) is 31.1 Å². The van der Waals surface area contributed by atoms with Gasteiger partial charge in [-0.2, -0.15) is 11.8 Å². The van der Waals surface area contributed by atoms with Crippen LogP contribution in [0.3, 0.4) is 0 Å². The highest BCUT2D eigenvalue weighted by atomic mass is 32.2. The number of nitrogens with zero attached hydrogens (tertiary/aromatic N) is 2. The summed E-state index contributed by atoms with van der Waals surface area (Å²) in [4.78, 5) is 4.75. The van der Waals surface area contributed by atoms with Crippen LogP contribution in [0.5, 0.6) is 0 Å². The second-order valence-electron chi connectivity index (χ2n) is 5.28. The van der Waals surface area contributed by atoms with Crippen LogP contribution >= 0.6 is 11.8 Å². The fraction of sp³-hybridized carbons (Fsp3) is 0.533. The van der Waals surface area contributed by atoms with Gasteiger partial charge in [0, 0.05) is 18.8 Å². The summed E-state index contributed by atoms with van der Waals surface area (Å²) >= 11 is 2.10. The zero-order valence-corrected chi connectivity index (χ0v) is 12.4. The number of benzene rings is 1. The van der Waals surface area contributed by atoms with E-state index in [1.165, 1.54) is 24.1 Å². The van der Waals surface area contributed by atoms with Gasteiger partial charge in [-0.25, -0.2) is 4.98 Å². The number of nitrogens with one attached hydrogen (secondary N) is 1. The molecule has 1 aromatic carbocycles. The molecule has 3 rings (SSSR count). The van der Waals surface area contributed by atoms with Gasteiger partial charge in [-0.15, -0.1) is 0 Å². The maximum atomic E-state index is 4.75. The summed E-state index contributed by atoms with van der Waals surface area (Å²) in [5.41, 5.74) is 2.30. The molecule has 2 unspecified atom stereocenters. The molecule has 2 heterocycles. The summed E-state index contributed by atoms with van der Waals surface area (Å²) in [5.74, 6) is 2.46. The molecule has 0 amide bonds. The average molecular weight is 275 g/mol. The third-order valence-electron chi connectivity index (χ3n) is 3.88. The SMILES string of the molecule is CC(NCC1CCCS1)c1nc2ccccc2n1C. The van der Waals surface area contributed by atoms with Crippen molar-refractivity contribution < 1.29 is 0 Å². The summed E-state index contributed by atoms with van der Waals surface area (Å²) < 4.78 is 2.20. The number of hydrogen-bond donors (Lipinski definition) is 1. The Balaban J connectivity index is 1.73. The van der Waals surface area contributed by atoms with Crippen molar-refractivity contribution in [1.29, 1.82) is 0 Å². The summed E-state index contributed by atoms with van der Waals surface area (Å²) in [7, 11) is 2.10. The van der Waals surface area contributed by atoms with E-state index in [-0.39, 0.29) is 0 Å². The minimum absolute atomic E-state index is 0.304. The van der Waals surface area contributed by atoms with E-state index in [1.54, 1.807) is 0 Å². The van der Waals surface area contributed by atoms with E-state index < -0.39 is 0 Å². The van der Waals surface area contributed by atoms with Gasteiger partial charge in [-0.05, 0) is 37.7 Å². The molecule has 2 aromatic rings.